The number of carbonyl (C=O) groups is 1. The molecule has 1 N–H and O–H groups in total. The fourth-order valence-corrected chi connectivity index (χ4v) is 2.58. The molecule has 0 saturated carbocycles. The lowest BCUT2D eigenvalue weighted by molar-refractivity contribution is -0.116. The number of methoxy groups -OCH3 is 2. The summed E-state index contributed by atoms with van der Waals surface area (Å²) in [5.74, 6) is 0.993. The number of halogens is 2. The molecule has 0 unspecified atom stereocenters. The molecule has 0 aromatic heterocycles. The fraction of sp³-hybridized carbons (Fsp3) is 0.167. The molecule has 6 heteroatoms. The molecule has 0 radical (unpaired) electrons. The monoisotopic (exact) mass is 365 g/mol. The zero-order valence-electron chi connectivity index (χ0n) is 13.3. The molecule has 24 heavy (non-hydrogen) atoms. The molecule has 126 valence electrons. The van der Waals surface area contributed by atoms with Crippen LogP contribution in [0.2, 0.25) is 10.0 Å². The first kappa shape index (κ1) is 18.2. The Labute approximate surface area is 151 Å². The molecule has 4 nitrogen and oxygen atoms in total. The number of carbonyl (C=O) groups excluding carboxylic acids is 1. The van der Waals surface area contributed by atoms with Gasteiger partial charge in [-0.25, -0.2) is 0 Å². The first-order valence-electron chi connectivity index (χ1n) is 7.16. The van der Waals surface area contributed by atoms with Gasteiger partial charge in [-0.3, -0.25) is 4.79 Å². The molecule has 1 amide bonds. The normalized spacial score (nSPS) is 10.7. The maximum Gasteiger partial charge on any atom is 0.244 e. The van der Waals surface area contributed by atoms with Crippen molar-refractivity contribution in [2.24, 2.45) is 0 Å². The van der Waals surface area contributed by atoms with Gasteiger partial charge in [0.1, 0.15) is 11.5 Å². The summed E-state index contributed by atoms with van der Waals surface area (Å²) in [6, 6.07) is 10.6. The van der Waals surface area contributed by atoms with Crippen LogP contribution >= 0.6 is 23.2 Å². The first-order valence-corrected chi connectivity index (χ1v) is 7.91. The SMILES string of the molecule is COc1cccc(OC)c1/C=C/C(=O)NCc1ccc(Cl)cc1Cl. The largest absolute Gasteiger partial charge is 0.496 e. The van der Waals surface area contributed by atoms with Gasteiger partial charge in [0.2, 0.25) is 5.91 Å². The summed E-state index contributed by atoms with van der Waals surface area (Å²) in [4.78, 5) is 12.0. The summed E-state index contributed by atoms with van der Waals surface area (Å²) in [6.07, 6.45) is 3.07. The van der Waals surface area contributed by atoms with E-state index in [9.17, 15) is 4.79 Å². The molecule has 2 rings (SSSR count). The highest BCUT2D eigenvalue weighted by atomic mass is 35.5. The van der Waals surface area contributed by atoms with Gasteiger partial charge in [-0.1, -0.05) is 35.3 Å². The average Bonchev–Trinajstić information content (AvgIpc) is 2.58. The Hall–Kier alpha value is -2.17. The van der Waals surface area contributed by atoms with Gasteiger partial charge in [-0.2, -0.15) is 0 Å². The third-order valence-electron chi connectivity index (χ3n) is 3.34. The molecule has 0 spiro atoms. The highest BCUT2D eigenvalue weighted by molar-refractivity contribution is 6.35. The van der Waals surface area contributed by atoms with Crippen LogP contribution in [0.3, 0.4) is 0 Å². The van der Waals surface area contributed by atoms with Crippen LogP contribution in [0, 0.1) is 0 Å². The number of hydrogen-bond acceptors (Lipinski definition) is 3. The Bertz CT molecular complexity index is 738. The first-order chi connectivity index (χ1) is 11.5. The standard InChI is InChI=1S/C18H17Cl2NO3/c1-23-16-4-3-5-17(24-2)14(16)8-9-18(22)21-11-12-6-7-13(19)10-15(12)20/h3-10H,11H2,1-2H3,(H,21,22)/b9-8+. The number of amides is 1. The topological polar surface area (TPSA) is 47.6 Å². The molecule has 2 aromatic carbocycles. The van der Waals surface area contributed by atoms with E-state index in [1.54, 1.807) is 50.6 Å². The zero-order valence-corrected chi connectivity index (χ0v) is 14.8. The second-order valence-corrected chi connectivity index (χ2v) is 5.71. The van der Waals surface area contributed by atoms with E-state index < -0.39 is 0 Å². The molecule has 0 aliphatic rings. The minimum Gasteiger partial charge on any atom is -0.496 e. The fourth-order valence-electron chi connectivity index (χ4n) is 2.11. The van der Waals surface area contributed by atoms with Crippen molar-refractivity contribution in [2.75, 3.05) is 14.2 Å². The highest BCUT2D eigenvalue weighted by Gasteiger charge is 2.07. The predicted octanol–water partition coefficient (Wildman–Crippen LogP) is 4.34. The van der Waals surface area contributed by atoms with E-state index in [2.05, 4.69) is 5.32 Å². The lowest BCUT2D eigenvalue weighted by Crippen LogP contribution is -2.20. The number of benzene rings is 2. The van der Waals surface area contributed by atoms with Crippen molar-refractivity contribution in [3.63, 3.8) is 0 Å². The van der Waals surface area contributed by atoms with E-state index in [1.165, 1.54) is 6.08 Å². The quantitative estimate of drug-likeness (QED) is 0.774. The highest BCUT2D eigenvalue weighted by Crippen LogP contribution is 2.29. The van der Waals surface area contributed by atoms with Crippen LogP contribution in [0.5, 0.6) is 11.5 Å². The second kappa shape index (κ2) is 8.62. The van der Waals surface area contributed by atoms with Crippen molar-refractivity contribution in [1.29, 1.82) is 0 Å². The number of ether oxygens (including phenoxy) is 2. The predicted molar refractivity (Wildman–Crippen MR) is 96.9 cm³/mol. The Morgan fingerprint density at radius 3 is 2.38 bits per heavy atom. The van der Waals surface area contributed by atoms with Crippen molar-refractivity contribution in [2.45, 2.75) is 6.54 Å². The van der Waals surface area contributed by atoms with Crippen LogP contribution in [-0.4, -0.2) is 20.1 Å². The van der Waals surface area contributed by atoms with Crippen molar-refractivity contribution in [3.8, 4) is 11.5 Å². The third kappa shape index (κ3) is 4.66. The van der Waals surface area contributed by atoms with Crippen LogP contribution in [0.1, 0.15) is 11.1 Å². The van der Waals surface area contributed by atoms with E-state index in [0.717, 1.165) is 5.56 Å². The van der Waals surface area contributed by atoms with Crippen molar-refractivity contribution >= 4 is 35.2 Å². The van der Waals surface area contributed by atoms with Gasteiger partial charge >= 0.3 is 0 Å². The van der Waals surface area contributed by atoms with E-state index in [-0.39, 0.29) is 5.91 Å². The number of hydrogen-bond donors (Lipinski definition) is 1. The van der Waals surface area contributed by atoms with Crippen LogP contribution in [0.4, 0.5) is 0 Å². The molecular weight excluding hydrogens is 349 g/mol. The summed E-state index contributed by atoms with van der Waals surface area (Å²) in [5, 5.41) is 3.84. The van der Waals surface area contributed by atoms with Crippen LogP contribution in [0.15, 0.2) is 42.5 Å². The summed E-state index contributed by atoms with van der Waals surface area (Å²) in [5.41, 5.74) is 1.49. The molecular formula is C18H17Cl2NO3. The zero-order chi connectivity index (χ0) is 17.5. The minimum atomic E-state index is -0.256. The summed E-state index contributed by atoms with van der Waals surface area (Å²) >= 11 is 11.9. The molecule has 0 bridgehead atoms. The van der Waals surface area contributed by atoms with Gasteiger partial charge in [-0.05, 0) is 35.9 Å². The van der Waals surface area contributed by atoms with E-state index in [0.29, 0.717) is 33.7 Å². The van der Waals surface area contributed by atoms with Gasteiger partial charge in [0.25, 0.3) is 0 Å². The summed E-state index contributed by atoms with van der Waals surface area (Å²) in [7, 11) is 3.13. The Morgan fingerprint density at radius 2 is 1.79 bits per heavy atom. The number of nitrogens with one attached hydrogen (secondary N) is 1. The maximum absolute atomic E-state index is 12.0. The molecule has 0 atom stereocenters. The maximum atomic E-state index is 12.0. The molecule has 0 aliphatic carbocycles. The van der Waals surface area contributed by atoms with Crippen LogP contribution in [-0.2, 0) is 11.3 Å². The van der Waals surface area contributed by atoms with E-state index in [1.807, 2.05) is 6.07 Å². The van der Waals surface area contributed by atoms with Crippen LogP contribution in [0.25, 0.3) is 6.08 Å². The molecule has 0 heterocycles. The van der Waals surface area contributed by atoms with Gasteiger partial charge in [0.15, 0.2) is 0 Å². The molecule has 0 aliphatic heterocycles. The molecule has 0 saturated heterocycles. The third-order valence-corrected chi connectivity index (χ3v) is 3.92. The van der Waals surface area contributed by atoms with E-state index in [4.69, 9.17) is 32.7 Å². The minimum absolute atomic E-state index is 0.256. The van der Waals surface area contributed by atoms with Gasteiger partial charge < -0.3 is 14.8 Å². The lowest BCUT2D eigenvalue weighted by Gasteiger charge is -2.09. The van der Waals surface area contributed by atoms with Crippen molar-refractivity contribution < 1.29 is 14.3 Å². The van der Waals surface area contributed by atoms with Crippen molar-refractivity contribution in [1.82, 2.24) is 5.32 Å². The Morgan fingerprint density at radius 1 is 1.12 bits per heavy atom. The second-order valence-electron chi connectivity index (χ2n) is 4.86. The van der Waals surface area contributed by atoms with Gasteiger partial charge in [0.05, 0.1) is 19.8 Å². The Kier molecular flexibility index (Phi) is 6.53. The average molecular weight is 366 g/mol. The smallest absolute Gasteiger partial charge is 0.244 e. The van der Waals surface area contributed by atoms with E-state index >= 15 is 0 Å². The van der Waals surface area contributed by atoms with Gasteiger partial charge in [-0.15, -0.1) is 0 Å². The summed E-state index contributed by atoms with van der Waals surface area (Å²) in [6.45, 7) is 0.308. The van der Waals surface area contributed by atoms with Crippen molar-refractivity contribution in [3.05, 3.63) is 63.6 Å². The summed E-state index contributed by atoms with van der Waals surface area (Å²) < 4.78 is 10.6. The van der Waals surface area contributed by atoms with Gasteiger partial charge in [0, 0.05) is 22.7 Å². The Balaban J connectivity index is 2.06. The lowest BCUT2D eigenvalue weighted by atomic mass is 10.1. The molecule has 2 aromatic rings. The van der Waals surface area contributed by atoms with Crippen LogP contribution < -0.4 is 14.8 Å². The molecule has 0 fully saturated rings. The number of rotatable bonds is 6.